The number of carbonyl (C=O) groups is 1. The monoisotopic (exact) mass is 324 g/mol. The number of nitrogens with one attached hydrogen (secondary N) is 2. The van der Waals surface area contributed by atoms with Gasteiger partial charge in [-0.05, 0) is 18.2 Å². The van der Waals surface area contributed by atoms with Gasteiger partial charge < -0.3 is 10.6 Å². The Morgan fingerprint density at radius 2 is 2.06 bits per heavy atom. The van der Waals surface area contributed by atoms with E-state index in [9.17, 15) is 18.0 Å². The molecule has 0 radical (unpaired) electrons. The Bertz CT molecular complexity index is 435. The Kier molecular flexibility index (Phi) is 5.01. The van der Waals surface area contributed by atoms with Crippen molar-refractivity contribution < 1.29 is 18.0 Å². The van der Waals surface area contributed by atoms with Gasteiger partial charge in [-0.3, -0.25) is 4.79 Å². The van der Waals surface area contributed by atoms with Crippen molar-refractivity contribution in [2.45, 2.75) is 12.6 Å². The van der Waals surface area contributed by atoms with Crippen LogP contribution in [0.3, 0.4) is 0 Å². The van der Waals surface area contributed by atoms with Crippen LogP contribution < -0.4 is 10.6 Å². The van der Waals surface area contributed by atoms with Crippen molar-refractivity contribution in [3.05, 3.63) is 28.2 Å². The first-order chi connectivity index (χ1) is 8.34. The van der Waals surface area contributed by atoms with E-state index in [4.69, 9.17) is 0 Å². The van der Waals surface area contributed by atoms with E-state index in [-0.39, 0.29) is 23.3 Å². The summed E-state index contributed by atoms with van der Waals surface area (Å²) in [7, 11) is 1.50. The van der Waals surface area contributed by atoms with Gasteiger partial charge in [0.05, 0.1) is 5.56 Å². The number of rotatable bonds is 4. The molecule has 0 bridgehead atoms. The molecule has 2 N–H and O–H groups in total. The smallest absolute Gasteiger partial charge is 0.385 e. The molecule has 0 atom stereocenters. The molecule has 0 aliphatic carbocycles. The van der Waals surface area contributed by atoms with Gasteiger partial charge in [-0.2, -0.15) is 13.2 Å². The van der Waals surface area contributed by atoms with Crippen molar-refractivity contribution in [2.75, 3.05) is 18.9 Å². The van der Waals surface area contributed by atoms with E-state index in [1.807, 2.05) is 0 Å². The molecule has 1 rings (SSSR count). The minimum Gasteiger partial charge on any atom is -0.385 e. The Morgan fingerprint density at radius 1 is 1.39 bits per heavy atom. The summed E-state index contributed by atoms with van der Waals surface area (Å²) in [6.07, 6.45) is -4.20. The van der Waals surface area contributed by atoms with Crippen molar-refractivity contribution in [1.29, 1.82) is 0 Å². The normalized spacial score (nSPS) is 11.2. The highest BCUT2D eigenvalue weighted by molar-refractivity contribution is 9.10. The number of carbonyl (C=O) groups excluding carboxylic acids is 1. The molecule has 0 heterocycles. The molecule has 0 aromatic heterocycles. The van der Waals surface area contributed by atoms with Gasteiger partial charge in [0.25, 0.3) is 0 Å². The molecule has 0 saturated carbocycles. The summed E-state index contributed by atoms with van der Waals surface area (Å²) in [5, 5.41) is 5.20. The van der Waals surface area contributed by atoms with E-state index in [1.54, 1.807) is 0 Å². The zero-order valence-corrected chi connectivity index (χ0v) is 11.2. The average molecular weight is 325 g/mol. The van der Waals surface area contributed by atoms with Gasteiger partial charge in [0.15, 0.2) is 0 Å². The lowest BCUT2D eigenvalue weighted by Crippen LogP contribution is -2.20. The fraction of sp³-hybridized carbons (Fsp3) is 0.364. The van der Waals surface area contributed by atoms with Crippen LogP contribution >= 0.6 is 15.9 Å². The molecule has 1 aromatic rings. The third-order valence-corrected chi connectivity index (χ3v) is 2.92. The van der Waals surface area contributed by atoms with Crippen molar-refractivity contribution in [3.63, 3.8) is 0 Å². The van der Waals surface area contributed by atoms with Crippen LogP contribution in [0.2, 0.25) is 0 Å². The fourth-order valence-corrected chi connectivity index (χ4v) is 1.77. The summed E-state index contributed by atoms with van der Waals surface area (Å²) < 4.78 is 37.8. The van der Waals surface area contributed by atoms with Gasteiger partial charge in [0, 0.05) is 30.2 Å². The molecule has 1 amide bonds. The van der Waals surface area contributed by atoms with E-state index < -0.39 is 11.7 Å². The lowest BCUT2D eigenvalue weighted by molar-refractivity contribution is -0.138. The number of anilines is 1. The third kappa shape index (κ3) is 4.21. The molecule has 3 nitrogen and oxygen atoms in total. The first kappa shape index (κ1) is 14.8. The molecule has 18 heavy (non-hydrogen) atoms. The van der Waals surface area contributed by atoms with E-state index in [0.717, 1.165) is 6.07 Å². The molecular formula is C11H12BrF3N2O. The fourth-order valence-electron chi connectivity index (χ4n) is 1.30. The summed E-state index contributed by atoms with van der Waals surface area (Å²) in [5.74, 6) is -0.171. The standard InChI is InChI=1S/C11H12BrF3N2O/c1-16-10(18)4-5-17-7-2-3-9(12)8(6-7)11(13,14)15/h2-3,6,17H,4-5H2,1H3,(H,16,18). The molecule has 0 unspecified atom stereocenters. The van der Waals surface area contributed by atoms with Gasteiger partial charge in [-0.25, -0.2) is 0 Å². The van der Waals surface area contributed by atoms with Crippen LogP contribution in [0, 0.1) is 0 Å². The molecule has 0 saturated heterocycles. The zero-order valence-electron chi connectivity index (χ0n) is 9.57. The average Bonchev–Trinajstić information content (AvgIpc) is 2.29. The van der Waals surface area contributed by atoms with Crippen LogP contribution in [-0.4, -0.2) is 19.5 Å². The summed E-state index contributed by atoms with van der Waals surface area (Å²) in [5.41, 5.74) is -0.415. The van der Waals surface area contributed by atoms with Crippen LogP contribution in [0.5, 0.6) is 0 Å². The van der Waals surface area contributed by atoms with Crippen LogP contribution in [0.1, 0.15) is 12.0 Å². The molecule has 1 aromatic carbocycles. The van der Waals surface area contributed by atoms with Gasteiger partial charge in [0.2, 0.25) is 5.91 Å². The molecular weight excluding hydrogens is 313 g/mol. The Balaban J connectivity index is 2.71. The van der Waals surface area contributed by atoms with Crippen LogP contribution in [0.4, 0.5) is 18.9 Å². The molecule has 0 fully saturated rings. The van der Waals surface area contributed by atoms with E-state index in [1.165, 1.54) is 19.2 Å². The SMILES string of the molecule is CNC(=O)CCNc1ccc(Br)c(C(F)(F)F)c1. The maximum Gasteiger partial charge on any atom is 0.417 e. The molecule has 0 aliphatic heterocycles. The maximum atomic E-state index is 12.6. The summed E-state index contributed by atoms with van der Waals surface area (Å²) in [4.78, 5) is 10.9. The Morgan fingerprint density at radius 3 is 2.61 bits per heavy atom. The number of amides is 1. The summed E-state index contributed by atoms with van der Waals surface area (Å²) >= 11 is 2.86. The molecule has 0 spiro atoms. The van der Waals surface area contributed by atoms with Gasteiger partial charge in [-0.1, -0.05) is 15.9 Å². The number of alkyl halides is 3. The predicted molar refractivity (Wildman–Crippen MR) is 66.3 cm³/mol. The van der Waals surface area contributed by atoms with Crippen molar-refractivity contribution in [2.24, 2.45) is 0 Å². The number of benzene rings is 1. The first-order valence-electron chi connectivity index (χ1n) is 5.16. The lowest BCUT2D eigenvalue weighted by Gasteiger charge is -2.12. The number of halogens is 4. The van der Waals surface area contributed by atoms with Crippen molar-refractivity contribution >= 4 is 27.5 Å². The minimum atomic E-state index is -4.41. The summed E-state index contributed by atoms with van der Waals surface area (Å²) in [6, 6.07) is 3.85. The quantitative estimate of drug-likeness (QED) is 0.893. The number of hydrogen-bond donors (Lipinski definition) is 2. The maximum absolute atomic E-state index is 12.6. The van der Waals surface area contributed by atoms with E-state index in [0.29, 0.717) is 5.69 Å². The van der Waals surface area contributed by atoms with Gasteiger partial charge in [-0.15, -0.1) is 0 Å². The van der Waals surface area contributed by atoms with Crippen molar-refractivity contribution in [1.82, 2.24) is 5.32 Å². The highest BCUT2D eigenvalue weighted by Gasteiger charge is 2.33. The number of hydrogen-bond acceptors (Lipinski definition) is 2. The molecule has 7 heteroatoms. The zero-order chi connectivity index (χ0) is 13.8. The van der Waals surface area contributed by atoms with Crippen LogP contribution in [0.25, 0.3) is 0 Å². The first-order valence-corrected chi connectivity index (χ1v) is 5.95. The molecule has 0 aliphatic rings. The summed E-state index contributed by atoms with van der Waals surface area (Å²) in [6.45, 7) is 0.276. The van der Waals surface area contributed by atoms with E-state index >= 15 is 0 Å². The third-order valence-electron chi connectivity index (χ3n) is 2.23. The Labute approximate surface area is 111 Å². The van der Waals surface area contributed by atoms with Crippen LogP contribution in [-0.2, 0) is 11.0 Å². The van der Waals surface area contributed by atoms with Gasteiger partial charge >= 0.3 is 6.18 Å². The predicted octanol–water partition coefficient (Wildman–Crippen LogP) is 3.02. The topological polar surface area (TPSA) is 41.1 Å². The van der Waals surface area contributed by atoms with E-state index in [2.05, 4.69) is 26.6 Å². The second-order valence-electron chi connectivity index (χ2n) is 3.54. The second-order valence-corrected chi connectivity index (χ2v) is 4.40. The largest absolute Gasteiger partial charge is 0.417 e. The van der Waals surface area contributed by atoms with Gasteiger partial charge in [0.1, 0.15) is 0 Å². The Hall–Kier alpha value is -1.24. The van der Waals surface area contributed by atoms with Crippen molar-refractivity contribution in [3.8, 4) is 0 Å². The molecule has 100 valence electrons. The second kappa shape index (κ2) is 6.08. The highest BCUT2D eigenvalue weighted by atomic mass is 79.9. The highest BCUT2D eigenvalue weighted by Crippen LogP contribution is 2.36. The minimum absolute atomic E-state index is 0.00755. The van der Waals surface area contributed by atoms with Crippen LogP contribution in [0.15, 0.2) is 22.7 Å². The lowest BCUT2D eigenvalue weighted by atomic mass is 10.2.